The number of Topliss-reactive ketones (excluding diaryl/α,β-unsaturated/α-hetero) is 1. The fourth-order valence-electron chi connectivity index (χ4n) is 3.18. The van der Waals surface area contributed by atoms with Crippen molar-refractivity contribution in [2.24, 2.45) is 11.3 Å². The molecule has 0 amide bonds. The number of rotatable bonds is 1. The maximum absolute atomic E-state index is 12.6. The number of benzene rings is 1. The molecule has 21 heavy (non-hydrogen) atoms. The standard InChI is InChI=1S/C15H9ClNO4/c16-8-3-4-11-10(6-8)13(18)12-14(21-11)15(12)5-1-2-9(7-15)17(19)20/h1-7,12,14H/q+1/t12-,14+,15?/m0/s1. The number of fused-ring (bicyclic) bond motifs is 4. The summed E-state index contributed by atoms with van der Waals surface area (Å²) in [6.45, 7) is 0. The van der Waals surface area contributed by atoms with Crippen molar-refractivity contribution in [3.63, 3.8) is 0 Å². The molecule has 0 radical (unpaired) electrons. The Morgan fingerprint density at radius 2 is 2.24 bits per heavy atom. The average Bonchev–Trinajstić information content (AvgIpc) is 3.06. The van der Waals surface area contributed by atoms with E-state index in [9.17, 15) is 14.9 Å². The summed E-state index contributed by atoms with van der Waals surface area (Å²) >= 11 is 5.92. The molecule has 3 aliphatic rings. The summed E-state index contributed by atoms with van der Waals surface area (Å²) in [6.07, 6.45) is 5.99. The Morgan fingerprint density at radius 3 is 3.00 bits per heavy atom. The highest BCUT2D eigenvalue weighted by molar-refractivity contribution is 6.31. The second-order valence-electron chi connectivity index (χ2n) is 5.37. The van der Waals surface area contributed by atoms with Gasteiger partial charge in [-0.1, -0.05) is 11.6 Å². The van der Waals surface area contributed by atoms with E-state index in [0.29, 0.717) is 16.3 Å². The number of hydrogen-bond acceptors (Lipinski definition) is 4. The summed E-state index contributed by atoms with van der Waals surface area (Å²) in [6, 6.07) is 4.90. The minimum absolute atomic E-state index is 0.00890. The van der Waals surface area contributed by atoms with Gasteiger partial charge in [-0.2, -0.15) is 0 Å². The molecule has 0 aromatic heterocycles. The summed E-state index contributed by atoms with van der Waals surface area (Å²) < 4.78 is 5.84. The van der Waals surface area contributed by atoms with Crippen LogP contribution >= 0.6 is 11.6 Å². The molecular weight excluding hydrogens is 294 g/mol. The number of ketones is 1. The van der Waals surface area contributed by atoms with Crippen LogP contribution in [0.2, 0.25) is 5.02 Å². The highest BCUT2D eigenvalue weighted by Gasteiger charge is 2.76. The molecule has 0 bridgehead atoms. The second-order valence-corrected chi connectivity index (χ2v) is 5.81. The molecule has 1 saturated carbocycles. The Hall–Kier alpha value is -2.27. The number of halogens is 1. The van der Waals surface area contributed by atoms with Gasteiger partial charge < -0.3 is 4.74 Å². The van der Waals surface area contributed by atoms with Crippen LogP contribution in [-0.4, -0.2) is 16.8 Å². The van der Waals surface area contributed by atoms with Gasteiger partial charge in [0.2, 0.25) is 0 Å². The van der Waals surface area contributed by atoms with Crippen LogP contribution < -0.4 is 4.74 Å². The maximum Gasteiger partial charge on any atom is 0.368 e. The van der Waals surface area contributed by atoms with E-state index in [1.165, 1.54) is 12.5 Å². The molecule has 5 nitrogen and oxygen atoms in total. The van der Waals surface area contributed by atoms with Gasteiger partial charge in [0.25, 0.3) is 0 Å². The third kappa shape index (κ3) is 1.58. The van der Waals surface area contributed by atoms with Crippen LogP contribution in [0.1, 0.15) is 10.4 Å². The molecule has 4 rings (SSSR count). The van der Waals surface area contributed by atoms with Gasteiger partial charge in [0, 0.05) is 11.1 Å². The van der Waals surface area contributed by atoms with Gasteiger partial charge in [0.1, 0.15) is 30.3 Å². The van der Waals surface area contributed by atoms with E-state index >= 15 is 0 Å². The SMILES string of the molecule is O=C1c2cc(Cl)ccc2O[C@@H]2[C@H]1C21C=C[CH+]C([N+](=O)[O-])=C1. The summed E-state index contributed by atoms with van der Waals surface area (Å²) in [5, 5.41) is 11.4. The van der Waals surface area contributed by atoms with Crippen LogP contribution in [-0.2, 0) is 0 Å². The largest absolute Gasteiger partial charge is 0.485 e. The molecule has 1 heterocycles. The summed E-state index contributed by atoms with van der Waals surface area (Å²) in [7, 11) is 0. The lowest BCUT2D eigenvalue weighted by atomic mass is 9.92. The molecule has 0 saturated heterocycles. The number of carbonyl (C=O) groups is 1. The van der Waals surface area contributed by atoms with Crippen molar-refractivity contribution in [3.8, 4) is 5.75 Å². The van der Waals surface area contributed by atoms with E-state index in [-0.39, 0.29) is 17.6 Å². The molecule has 1 aliphatic heterocycles. The first kappa shape index (κ1) is 12.5. The third-order valence-corrected chi connectivity index (χ3v) is 4.46. The minimum atomic E-state index is -0.709. The van der Waals surface area contributed by atoms with Crippen LogP contribution in [0.15, 0.2) is 42.1 Å². The van der Waals surface area contributed by atoms with Crippen molar-refractivity contribution in [3.05, 3.63) is 69.2 Å². The number of ether oxygens (including phenoxy) is 1. The van der Waals surface area contributed by atoms with Gasteiger partial charge in [0.15, 0.2) is 11.2 Å². The first-order valence-corrected chi connectivity index (χ1v) is 6.81. The predicted octanol–water partition coefficient (Wildman–Crippen LogP) is 2.83. The number of hydrogen-bond donors (Lipinski definition) is 0. The lowest BCUT2D eigenvalue weighted by molar-refractivity contribution is -0.421. The molecule has 1 unspecified atom stereocenters. The number of allylic oxidation sites excluding steroid dienone is 1. The fraction of sp³-hybridized carbons (Fsp3) is 0.200. The van der Waals surface area contributed by atoms with E-state index < -0.39 is 16.3 Å². The topological polar surface area (TPSA) is 69.4 Å². The second kappa shape index (κ2) is 3.89. The van der Waals surface area contributed by atoms with Crippen molar-refractivity contribution in [1.82, 2.24) is 0 Å². The predicted molar refractivity (Wildman–Crippen MR) is 74.6 cm³/mol. The lowest BCUT2D eigenvalue weighted by Gasteiger charge is -2.14. The Labute approximate surface area is 125 Å². The van der Waals surface area contributed by atoms with Gasteiger partial charge in [-0.3, -0.25) is 14.9 Å². The van der Waals surface area contributed by atoms with Gasteiger partial charge in [-0.05, 0) is 18.2 Å². The molecule has 1 aromatic carbocycles. The van der Waals surface area contributed by atoms with E-state index in [4.69, 9.17) is 16.3 Å². The van der Waals surface area contributed by atoms with E-state index in [0.717, 1.165) is 0 Å². The summed E-state index contributed by atoms with van der Waals surface area (Å²) in [4.78, 5) is 23.1. The van der Waals surface area contributed by atoms with E-state index in [2.05, 4.69) is 0 Å². The maximum atomic E-state index is 12.6. The molecule has 1 aromatic rings. The molecule has 1 fully saturated rings. The number of nitrogens with zero attached hydrogens (tertiary/aromatic N) is 1. The van der Waals surface area contributed by atoms with E-state index in [1.807, 2.05) is 0 Å². The molecule has 2 aliphatic carbocycles. The molecule has 3 atom stereocenters. The highest BCUT2D eigenvalue weighted by Crippen LogP contribution is 2.62. The van der Waals surface area contributed by atoms with Gasteiger partial charge >= 0.3 is 5.70 Å². The lowest BCUT2D eigenvalue weighted by Crippen LogP contribution is -2.17. The van der Waals surface area contributed by atoms with Crippen molar-refractivity contribution < 1.29 is 14.5 Å². The van der Waals surface area contributed by atoms with Crippen molar-refractivity contribution in [2.75, 3.05) is 0 Å². The van der Waals surface area contributed by atoms with E-state index in [1.54, 1.807) is 30.4 Å². The van der Waals surface area contributed by atoms with Crippen molar-refractivity contribution in [1.29, 1.82) is 0 Å². The highest BCUT2D eigenvalue weighted by atomic mass is 35.5. The van der Waals surface area contributed by atoms with Crippen LogP contribution in [0.3, 0.4) is 0 Å². The molecule has 1 spiro atoms. The Morgan fingerprint density at radius 1 is 1.43 bits per heavy atom. The molecule has 104 valence electrons. The van der Waals surface area contributed by atoms with Crippen LogP contribution in [0.25, 0.3) is 0 Å². The monoisotopic (exact) mass is 302 g/mol. The van der Waals surface area contributed by atoms with Gasteiger partial charge in [-0.15, -0.1) is 0 Å². The van der Waals surface area contributed by atoms with Gasteiger partial charge in [0.05, 0.1) is 16.6 Å². The zero-order chi connectivity index (χ0) is 14.8. The zero-order valence-corrected chi connectivity index (χ0v) is 11.4. The molecule has 6 heteroatoms. The number of carbonyl (C=O) groups excluding carboxylic acids is 1. The third-order valence-electron chi connectivity index (χ3n) is 4.23. The molecule has 0 N–H and O–H groups in total. The normalized spacial score (nSPS) is 31.7. The quantitative estimate of drug-likeness (QED) is 0.454. The Kier molecular flexibility index (Phi) is 2.31. The Balaban J connectivity index is 1.77. The smallest absolute Gasteiger partial charge is 0.368 e. The fourth-order valence-corrected chi connectivity index (χ4v) is 3.35. The zero-order valence-electron chi connectivity index (χ0n) is 10.7. The first-order valence-electron chi connectivity index (χ1n) is 6.43. The van der Waals surface area contributed by atoms with Crippen molar-refractivity contribution >= 4 is 17.4 Å². The van der Waals surface area contributed by atoms with Crippen LogP contribution in [0, 0.1) is 27.9 Å². The molecular formula is C15H9ClNO4+. The first-order chi connectivity index (χ1) is 10.0. The summed E-state index contributed by atoms with van der Waals surface area (Å²) in [5.41, 5.74) is -0.273. The van der Waals surface area contributed by atoms with Crippen LogP contribution in [0.5, 0.6) is 5.75 Å². The van der Waals surface area contributed by atoms with Crippen LogP contribution in [0.4, 0.5) is 0 Å². The summed E-state index contributed by atoms with van der Waals surface area (Å²) in [5.74, 6) is -0.000791. The average molecular weight is 303 g/mol. The Bertz CT molecular complexity index is 754. The van der Waals surface area contributed by atoms with Crippen molar-refractivity contribution in [2.45, 2.75) is 6.10 Å². The minimum Gasteiger partial charge on any atom is -0.485 e. The number of nitro groups is 1. The van der Waals surface area contributed by atoms with Gasteiger partial charge in [-0.25, -0.2) is 0 Å².